The Labute approximate surface area is 154 Å². The highest BCUT2D eigenvalue weighted by Gasteiger charge is 2.18. The molecule has 0 saturated carbocycles. The second-order valence-electron chi connectivity index (χ2n) is 5.53. The Kier molecular flexibility index (Phi) is 5.18. The first-order valence-electron chi connectivity index (χ1n) is 7.65. The molecule has 3 aromatic rings. The van der Waals surface area contributed by atoms with Crippen molar-refractivity contribution in [2.45, 2.75) is 6.54 Å². The molecule has 1 aromatic heterocycles. The number of rotatable bonds is 5. The number of amides is 1. The van der Waals surface area contributed by atoms with Gasteiger partial charge in [-0.25, -0.2) is 4.39 Å². The van der Waals surface area contributed by atoms with Crippen molar-refractivity contribution in [3.05, 3.63) is 64.8 Å². The van der Waals surface area contributed by atoms with E-state index in [0.29, 0.717) is 16.4 Å². The van der Waals surface area contributed by atoms with E-state index in [1.54, 1.807) is 31.3 Å². The second kappa shape index (κ2) is 7.53. The summed E-state index contributed by atoms with van der Waals surface area (Å²) in [6, 6.07) is 11.1. The maximum absolute atomic E-state index is 13.8. The van der Waals surface area contributed by atoms with Gasteiger partial charge in [0.25, 0.3) is 5.91 Å². The van der Waals surface area contributed by atoms with E-state index in [1.165, 1.54) is 24.1 Å². The van der Waals surface area contributed by atoms with Gasteiger partial charge in [-0.1, -0.05) is 28.9 Å². The van der Waals surface area contributed by atoms with Crippen molar-refractivity contribution in [3.63, 3.8) is 0 Å². The number of carbonyl (C=O) groups is 1. The molecule has 0 aliphatic rings. The maximum atomic E-state index is 13.8. The molecule has 1 amide bonds. The van der Waals surface area contributed by atoms with E-state index in [1.807, 2.05) is 0 Å². The molecule has 3 rings (SSSR count). The predicted octanol–water partition coefficient (Wildman–Crippen LogP) is 3.81. The van der Waals surface area contributed by atoms with Crippen molar-refractivity contribution < 1.29 is 18.4 Å². The Morgan fingerprint density at radius 3 is 2.81 bits per heavy atom. The van der Waals surface area contributed by atoms with Crippen LogP contribution in [-0.4, -0.2) is 35.1 Å². The lowest BCUT2D eigenvalue weighted by atomic mass is 10.2. The molecule has 1 heterocycles. The van der Waals surface area contributed by atoms with Gasteiger partial charge in [0.2, 0.25) is 11.7 Å². The van der Waals surface area contributed by atoms with Crippen LogP contribution >= 0.6 is 11.6 Å². The van der Waals surface area contributed by atoms with Gasteiger partial charge in [-0.15, -0.1) is 0 Å². The molecule has 0 saturated heterocycles. The van der Waals surface area contributed by atoms with Crippen molar-refractivity contribution >= 4 is 17.5 Å². The monoisotopic (exact) mass is 375 g/mol. The molecule has 0 aliphatic heterocycles. The lowest BCUT2D eigenvalue weighted by Crippen LogP contribution is -2.26. The van der Waals surface area contributed by atoms with Gasteiger partial charge >= 0.3 is 0 Å². The molecule has 0 unspecified atom stereocenters. The number of carbonyl (C=O) groups excluding carboxylic acids is 1. The third kappa shape index (κ3) is 3.83. The van der Waals surface area contributed by atoms with Crippen LogP contribution in [0.5, 0.6) is 5.75 Å². The molecule has 0 aliphatic carbocycles. The van der Waals surface area contributed by atoms with E-state index in [9.17, 15) is 9.18 Å². The van der Waals surface area contributed by atoms with Crippen molar-refractivity contribution in [1.29, 1.82) is 0 Å². The van der Waals surface area contributed by atoms with Gasteiger partial charge in [0, 0.05) is 23.2 Å². The SMILES string of the molecule is COc1ccc(C(=O)N(C)Cc2nc(-c3cccc(Cl)c3)no2)cc1F. The second-order valence-corrected chi connectivity index (χ2v) is 5.97. The average Bonchev–Trinajstić information content (AvgIpc) is 3.09. The normalized spacial score (nSPS) is 10.6. The smallest absolute Gasteiger partial charge is 0.254 e. The summed E-state index contributed by atoms with van der Waals surface area (Å²) < 4.78 is 23.8. The standard InChI is InChI=1S/C18H15ClFN3O3/c1-23(18(24)12-6-7-15(25-2)14(20)9-12)10-16-21-17(22-26-16)11-4-3-5-13(19)8-11/h3-9H,10H2,1-2H3. The van der Waals surface area contributed by atoms with E-state index in [4.69, 9.17) is 20.9 Å². The quantitative estimate of drug-likeness (QED) is 0.678. The molecule has 26 heavy (non-hydrogen) atoms. The number of ether oxygens (including phenoxy) is 1. The first kappa shape index (κ1) is 17.9. The van der Waals surface area contributed by atoms with Crippen LogP contribution in [0.3, 0.4) is 0 Å². The minimum Gasteiger partial charge on any atom is -0.494 e. The number of aromatic nitrogens is 2. The van der Waals surface area contributed by atoms with Crippen molar-refractivity contribution in [2.24, 2.45) is 0 Å². The summed E-state index contributed by atoms with van der Waals surface area (Å²) in [4.78, 5) is 18.0. The maximum Gasteiger partial charge on any atom is 0.254 e. The molecule has 0 fully saturated rings. The highest BCUT2D eigenvalue weighted by molar-refractivity contribution is 6.30. The lowest BCUT2D eigenvalue weighted by molar-refractivity contribution is 0.0769. The Bertz CT molecular complexity index is 945. The summed E-state index contributed by atoms with van der Waals surface area (Å²) in [6.07, 6.45) is 0. The zero-order valence-electron chi connectivity index (χ0n) is 14.1. The zero-order valence-corrected chi connectivity index (χ0v) is 14.8. The van der Waals surface area contributed by atoms with E-state index >= 15 is 0 Å². The Balaban J connectivity index is 1.73. The van der Waals surface area contributed by atoms with Crippen LogP contribution in [0.2, 0.25) is 5.02 Å². The van der Waals surface area contributed by atoms with Gasteiger partial charge in [0.05, 0.1) is 13.7 Å². The Morgan fingerprint density at radius 2 is 2.12 bits per heavy atom. The van der Waals surface area contributed by atoms with Gasteiger partial charge < -0.3 is 14.2 Å². The van der Waals surface area contributed by atoms with Crippen molar-refractivity contribution in [1.82, 2.24) is 15.0 Å². The third-order valence-corrected chi connectivity index (χ3v) is 3.90. The van der Waals surface area contributed by atoms with Gasteiger partial charge in [-0.05, 0) is 30.3 Å². The summed E-state index contributed by atoms with van der Waals surface area (Å²) in [5.41, 5.74) is 0.902. The average molecular weight is 376 g/mol. The van der Waals surface area contributed by atoms with Gasteiger partial charge in [-0.3, -0.25) is 4.79 Å². The minimum absolute atomic E-state index is 0.0762. The van der Waals surface area contributed by atoms with Crippen LogP contribution in [0.4, 0.5) is 4.39 Å². The third-order valence-electron chi connectivity index (χ3n) is 3.67. The molecule has 2 aromatic carbocycles. The molecular weight excluding hydrogens is 361 g/mol. The largest absolute Gasteiger partial charge is 0.494 e. The fraction of sp³-hybridized carbons (Fsp3) is 0.167. The zero-order chi connectivity index (χ0) is 18.7. The van der Waals surface area contributed by atoms with Crippen LogP contribution in [0, 0.1) is 5.82 Å². The molecule has 8 heteroatoms. The van der Waals surface area contributed by atoms with Crippen LogP contribution in [0.1, 0.15) is 16.2 Å². The van der Waals surface area contributed by atoms with Gasteiger partial charge in [0.1, 0.15) is 0 Å². The first-order chi connectivity index (χ1) is 12.5. The van der Waals surface area contributed by atoms with Gasteiger partial charge in [0.15, 0.2) is 11.6 Å². The molecule has 0 N–H and O–H groups in total. The first-order valence-corrected chi connectivity index (χ1v) is 8.03. The fourth-order valence-electron chi connectivity index (χ4n) is 2.36. The van der Waals surface area contributed by atoms with Crippen LogP contribution in [0.15, 0.2) is 47.0 Å². The number of hydrogen-bond acceptors (Lipinski definition) is 5. The molecule has 0 radical (unpaired) electrons. The van der Waals surface area contributed by atoms with E-state index in [0.717, 1.165) is 6.07 Å². The molecule has 0 atom stereocenters. The van der Waals surface area contributed by atoms with Crippen LogP contribution in [0.25, 0.3) is 11.4 Å². The summed E-state index contributed by atoms with van der Waals surface area (Å²) in [7, 11) is 2.92. The molecule has 6 nitrogen and oxygen atoms in total. The summed E-state index contributed by atoms with van der Waals surface area (Å²) >= 11 is 5.95. The van der Waals surface area contributed by atoms with Crippen molar-refractivity contribution in [3.8, 4) is 17.1 Å². The Hall–Kier alpha value is -2.93. The van der Waals surface area contributed by atoms with E-state index in [2.05, 4.69) is 10.1 Å². The lowest BCUT2D eigenvalue weighted by Gasteiger charge is -2.15. The molecular formula is C18H15ClFN3O3. The predicted molar refractivity (Wildman–Crippen MR) is 93.5 cm³/mol. The highest BCUT2D eigenvalue weighted by Crippen LogP contribution is 2.21. The summed E-state index contributed by atoms with van der Waals surface area (Å²) in [5.74, 6) is -0.280. The number of hydrogen-bond donors (Lipinski definition) is 0. The van der Waals surface area contributed by atoms with Gasteiger partial charge in [-0.2, -0.15) is 4.98 Å². The summed E-state index contributed by atoms with van der Waals surface area (Å²) in [5, 5.41) is 4.45. The van der Waals surface area contributed by atoms with Crippen LogP contribution in [-0.2, 0) is 6.54 Å². The number of benzene rings is 2. The number of nitrogens with zero attached hydrogens (tertiary/aromatic N) is 3. The molecule has 0 spiro atoms. The minimum atomic E-state index is -0.604. The van der Waals surface area contributed by atoms with E-state index in [-0.39, 0.29) is 29.7 Å². The molecule has 134 valence electrons. The van der Waals surface area contributed by atoms with Crippen LogP contribution < -0.4 is 4.74 Å². The topological polar surface area (TPSA) is 68.5 Å². The highest BCUT2D eigenvalue weighted by atomic mass is 35.5. The molecule has 0 bridgehead atoms. The number of methoxy groups -OCH3 is 1. The van der Waals surface area contributed by atoms with E-state index < -0.39 is 5.82 Å². The summed E-state index contributed by atoms with van der Waals surface area (Å²) in [6.45, 7) is 0.0834. The fourth-order valence-corrected chi connectivity index (χ4v) is 2.55. The van der Waals surface area contributed by atoms with Crippen molar-refractivity contribution in [2.75, 3.05) is 14.2 Å². The number of halogens is 2. The Morgan fingerprint density at radius 1 is 1.31 bits per heavy atom.